The summed E-state index contributed by atoms with van der Waals surface area (Å²) in [4.78, 5) is 31.6. The van der Waals surface area contributed by atoms with Crippen LogP contribution in [0.15, 0.2) is 10.9 Å². The number of hydrogen-bond donors (Lipinski definition) is 1. The number of carbonyl (C=O) groups excluding carboxylic acids is 1. The zero-order valence-electron chi connectivity index (χ0n) is 16.1. The largest absolute Gasteiger partial charge is 0.379 e. The number of ether oxygens (including phenoxy) is 1. The van der Waals surface area contributed by atoms with Crippen molar-refractivity contribution >= 4 is 27.3 Å². The van der Waals surface area contributed by atoms with E-state index in [4.69, 9.17) is 4.74 Å². The van der Waals surface area contributed by atoms with Crippen molar-refractivity contribution < 1.29 is 9.53 Å². The molecular formula is C18H27N5O3S. The van der Waals surface area contributed by atoms with E-state index in [9.17, 15) is 9.59 Å². The zero-order chi connectivity index (χ0) is 19.4. The maximum atomic E-state index is 12.5. The number of fused-ring (bicyclic) bond motifs is 1. The van der Waals surface area contributed by atoms with Crippen LogP contribution < -0.4 is 15.8 Å². The lowest BCUT2D eigenvalue weighted by Gasteiger charge is -2.31. The van der Waals surface area contributed by atoms with Gasteiger partial charge in [-0.25, -0.2) is 4.98 Å². The summed E-state index contributed by atoms with van der Waals surface area (Å²) in [5.41, 5.74) is 0.516. The van der Waals surface area contributed by atoms with E-state index in [1.165, 1.54) is 21.9 Å². The second-order valence-electron chi connectivity index (χ2n) is 7.16. The molecule has 0 aromatic carbocycles. The SMILES string of the molecule is Cc1cc(=O)n2nc(N3CCCC(C(=O)NCCCOC(C)C)C3)sc2n1. The number of aromatic nitrogens is 3. The molecule has 3 rings (SSSR count). The predicted octanol–water partition coefficient (Wildman–Crippen LogP) is 1.61. The molecule has 1 aliphatic rings. The molecule has 0 aliphatic carbocycles. The molecule has 2 aromatic heterocycles. The number of rotatable bonds is 7. The normalized spacial score (nSPS) is 17.6. The van der Waals surface area contributed by atoms with Crippen molar-refractivity contribution in [1.29, 1.82) is 0 Å². The van der Waals surface area contributed by atoms with E-state index >= 15 is 0 Å². The summed E-state index contributed by atoms with van der Waals surface area (Å²) < 4.78 is 6.83. The lowest BCUT2D eigenvalue weighted by atomic mass is 9.97. The third-order valence-corrected chi connectivity index (χ3v) is 5.47. The first-order chi connectivity index (χ1) is 12.9. The van der Waals surface area contributed by atoms with Crippen molar-refractivity contribution in [3.05, 3.63) is 22.1 Å². The van der Waals surface area contributed by atoms with Crippen LogP contribution in [0.3, 0.4) is 0 Å². The maximum Gasteiger partial charge on any atom is 0.275 e. The lowest BCUT2D eigenvalue weighted by Crippen LogP contribution is -2.43. The van der Waals surface area contributed by atoms with Gasteiger partial charge in [0.05, 0.1) is 12.0 Å². The number of carbonyl (C=O) groups is 1. The fourth-order valence-electron chi connectivity index (χ4n) is 3.15. The average molecular weight is 394 g/mol. The number of aryl methyl sites for hydroxylation is 1. The Morgan fingerprint density at radius 1 is 1.48 bits per heavy atom. The minimum atomic E-state index is -0.171. The van der Waals surface area contributed by atoms with Gasteiger partial charge >= 0.3 is 0 Å². The molecule has 1 fully saturated rings. The number of nitrogens with one attached hydrogen (secondary N) is 1. The lowest BCUT2D eigenvalue weighted by molar-refractivity contribution is -0.125. The Morgan fingerprint density at radius 3 is 3.07 bits per heavy atom. The van der Waals surface area contributed by atoms with Crippen LogP contribution >= 0.6 is 11.3 Å². The van der Waals surface area contributed by atoms with Gasteiger partial charge in [0.2, 0.25) is 16.0 Å². The third kappa shape index (κ3) is 5.04. The average Bonchev–Trinajstić information content (AvgIpc) is 3.05. The van der Waals surface area contributed by atoms with Crippen LogP contribution in [-0.2, 0) is 9.53 Å². The van der Waals surface area contributed by atoms with Gasteiger partial charge in [0.15, 0.2) is 0 Å². The highest BCUT2D eigenvalue weighted by Gasteiger charge is 2.27. The molecule has 1 amide bonds. The molecule has 1 saturated heterocycles. The molecule has 0 radical (unpaired) electrons. The van der Waals surface area contributed by atoms with Crippen LogP contribution in [0.4, 0.5) is 5.13 Å². The van der Waals surface area contributed by atoms with Crippen molar-refractivity contribution in [2.45, 2.75) is 46.1 Å². The first kappa shape index (κ1) is 19.8. The third-order valence-electron chi connectivity index (χ3n) is 4.50. The number of anilines is 1. The Kier molecular flexibility index (Phi) is 6.43. The van der Waals surface area contributed by atoms with Gasteiger partial charge in [0.25, 0.3) is 5.56 Å². The van der Waals surface area contributed by atoms with Crippen LogP contribution in [-0.4, -0.2) is 52.9 Å². The van der Waals surface area contributed by atoms with E-state index in [0.717, 1.165) is 30.9 Å². The minimum absolute atomic E-state index is 0.0665. The summed E-state index contributed by atoms with van der Waals surface area (Å²) in [6, 6.07) is 1.48. The van der Waals surface area contributed by atoms with Gasteiger partial charge < -0.3 is 15.0 Å². The summed E-state index contributed by atoms with van der Waals surface area (Å²) in [5.74, 6) is 0.0136. The monoisotopic (exact) mass is 393 g/mol. The molecular weight excluding hydrogens is 366 g/mol. The number of amides is 1. The Balaban J connectivity index is 1.58. The van der Waals surface area contributed by atoms with Crippen molar-refractivity contribution in [3.8, 4) is 0 Å². The first-order valence-corrected chi connectivity index (χ1v) is 10.3. The second-order valence-corrected chi connectivity index (χ2v) is 8.10. The van der Waals surface area contributed by atoms with Crippen molar-refractivity contribution in [1.82, 2.24) is 19.9 Å². The van der Waals surface area contributed by atoms with Crippen LogP contribution in [0.2, 0.25) is 0 Å². The van der Waals surface area contributed by atoms with Crippen LogP contribution in [0, 0.1) is 12.8 Å². The van der Waals surface area contributed by atoms with E-state index in [0.29, 0.717) is 30.4 Å². The minimum Gasteiger partial charge on any atom is -0.379 e. The van der Waals surface area contributed by atoms with Gasteiger partial charge in [-0.3, -0.25) is 9.59 Å². The number of piperidine rings is 1. The van der Waals surface area contributed by atoms with Crippen molar-refractivity contribution in [2.75, 3.05) is 31.1 Å². The molecule has 1 atom stereocenters. The second kappa shape index (κ2) is 8.79. The highest BCUT2D eigenvalue weighted by atomic mass is 32.1. The van der Waals surface area contributed by atoms with Crippen LogP contribution in [0.5, 0.6) is 0 Å². The van der Waals surface area contributed by atoms with Gasteiger partial charge in [0.1, 0.15) is 0 Å². The van der Waals surface area contributed by atoms with Crippen LogP contribution in [0.25, 0.3) is 4.96 Å². The van der Waals surface area contributed by atoms with E-state index in [1.54, 1.807) is 6.92 Å². The fraction of sp³-hybridized carbons (Fsp3) is 0.667. The molecule has 1 aliphatic heterocycles. The van der Waals surface area contributed by atoms with Crippen molar-refractivity contribution in [3.63, 3.8) is 0 Å². The van der Waals surface area contributed by atoms with Gasteiger partial charge in [-0.2, -0.15) is 4.52 Å². The standard InChI is InChI=1S/C18H27N5O3S/c1-12(2)26-9-5-7-19-16(25)14-6-4-8-22(11-14)18-21-23-15(24)10-13(3)20-17(23)27-18/h10,12,14H,4-9,11H2,1-3H3,(H,19,25). The highest BCUT2D eigenvalue weighted by Crippen LogP contribution is 2.26. The molecule has 0 saturated carbocycles. The van der Waals surface area contributed by atoms with Crippen LogP contribution in [0.1, 0.15) is 38.8 Å². The Labute approximate surface area is 162 Å². The Morgan fingerprint density at radius 2 is 2.30 bits per heavy atom. The fourth-order valence-corrected chi connectivity index (χ4v) is 4.14. The topological polar surface area (TPSA) is 88.8 Å². The van der Waals surface area contributed by atoms with E-state index < -0.39 is 0 Å². The highest BCUT2D eigenvalue weighted by molar-refractivity contribution is 7.20. The summed E-state index contributed by atoms with van der Waals surface area (Å²) >= 11 is 1.39. The van der Waals surface area contributed by atoms with Gasteiger partial charge in [-0.05, 0) is 40.0 Å². The molecule has 8 nitrogen and oxygen atoms in total. The summed E-state index contributed by atoms with van der Waals surface area (Å²) in [5, 5.41) is 8.17. The molecule has 3 heterocycles. The maximum absolute atomic E-state index is 12.5. The first-order valence-electron chi connectivity index (χ1n) is 9.46. The zero-order valence-corrected chi connectivity index (χ0v) is 16.9. The summed E-state index contributed by atoms with van der Waals surface area (Å²) in [7, 11) is 0. The Bertz CT molecular complexity index is 847. The summed E-state index contributed by atoms with van der Waals surface area (Å²) in [6.07, 6.45) is 2.82. The molecule has 1 unspecified atom stereocenters. The summed E-state index contributed by atoms with van der Waals surface area (Å²) in [6.45, 7) is 8.53. The predicted molar refractivity (Wildman–Crippen MR) is 106 cm³/mol. The molecule has 0 spiro atoms. The smallest absolute Gasteiger partial charge is 0.275 e. The van der Waals surface area contributed by atoms with Gasteiger partial charge in [-0.1, -0.05) is 11.3 Å². The number of hydrogen-bond acceptors (Lipinski definition) is 7. The molecule has 0 bridgehead atoms. The van der Waals surface area contributed by atoms with Crippen molar-refractivity contribution in [2.24, 2.45) is 5.92 Å². The molecule has 27 heavy (non-hydrogen) atoms. The number of nitrogens with zero attached hydrogens (tertiary/aromatic N) is 4. The molecule has 1 N–H and O–H groups in total. The van der Waals surface area contributed by atoms with Gasteiger partial charge in [0, 0.05) is 38.0 Å². The molecule has 9 heteroatoms. The van der Waals surface area contributed by atoms with E-state index in [-0.39, 0.29) is 23.5 Å². The van der Waals surface area contributed by atoms with Gasteiger partial charge in [-0.15, -0.1) is 5.10 Å². The molecule has 2 aromatic rings. The quantitative estimate of drug-likeness (QED) is 0.719. The van der Waals surface area contributed by atoms with E-state index in [1.807, 2.05) is 13.8 Å². The van der Waals surface area contributed by atoms with E-state index in [2.05, 4.69) is 20.3 Å². The molecule has 148 valence electrons. The Hall–Kier alpha value is -2.00.